The van der Waals surface area contributed by atoms with Crippen LogP contribution in [0.4, 0.5) is 5.69 Å². The quantitative estimate of drug-likeness (QED) is 0.485. The largest absolute Gasteiger partial charge is 0.497 e. The molecule has 0 spiro atoms. The van der Waals surface area contributed by atoms with E-state index in [1.54, 1.807) is 13.3 Å². The predicted molar refractivity (Wildman–Crippen MR) is 138 cm³/mol. The number of para-hydroxylation sites is 1. The van der Waals surface area contributed by atoms with Crippen molar-refractivity contribution >= 4 is 29.3 Å². The van der Waals surface area contributed by atoms with Crippen molar-refractivity contribution in [2.45, 2.75) is 19.0 Å². The van der Waals surface area contributed by atoms with Gasteiger partial charge in [-0.2, -0.15) is 0 Å². The summed E-state index contributed by atoms with van der Waals surface area (Å²) < 4.78 is 7.18. The Bertz CT molecular complexity index is 1150. The fraction of sp³-hybridized carbons (Fsp3) is 0.346. The van der Waals surface area contributed by atoms with Gasteiger partial charge in [0.15, 0.2) is 5.16 Å². The van der Waals surface area contributed by atoms with Crippen LogP contribution in [0.25, 0.3) is 5.69 Å². The zero-order chi connectivity index (χ0) is 24.8. The van der Waals surface area contributed by atoms with Gasteiger partial charge in [-0.25, -0.2) is 4.98 Å². The number of amides is 2. The lowest BCUT2D eigenvalue weighted by Crippen LogP contribution is -2.51. The molecule has 3 aromatic rings. The number of carbonyl (C=O) groups is 2. The molecule has 2 amide bonds. The van der Waals surface area contributed by atoms with Crippen molar-refractivity contribution in [3.63, 3.8) is 0 Å². The maximum Gasteiger partial charge on any atom is 0.238 e. The molecule has 4 rings (SSSR count). The first-order valence-electron chi connectivity index (χ1n) is 11.6. The number of ether oxygens (including phenoxy) is 1. The zero-order valence-electron chi connectivity index (χ0n) is 20.4. The number of hydrogen-bond donors (Lipinski definition) is 1. The van der Waals surface area contributed by atoms with Crippen molar-refractivity contribution < 1.29 is 14.3 Å². The van der Waals surface area contributed by atoms with E-state index in [4.69, 9.17) is 4.74 Å². The summed E-state index contributed by atoms with van der Waals surface area (Å²) in [6.07, 6.45) is 3.62. The first kappa shape index (κ1) is 24.8. The maximum absolute atomic E-state index is 12.8. The monoisotopic (exact) mass is 493 g/mol. The highest BCUT2D eigenvalue weighted by Gasteiger charge is 2.23. The Labute approximate surface area is 210 Å². The highest BCUT2D eigenvalue weighted by molar-refractivity contribution is 7.99. The van der Waals surface area contributed by atoms with Crippen molar-refractivity contribution in [2.75, 3.05) is 50.9 Å². The molecular weight excluding hydrogens is 462 g/mol. The summed E-state index contributed by atoms with van der Waals surface area (Å²) in [5.41, 5.74) is 3.96. The molecule has 0 saturated carbocycles. The molecule has 1 fully saturated rings. The molecule has 2 heterocycles. The Morgan fingerprint density at radius 3 is 2.37 bits per heavy atom. The van der Waals surface area contributed by atoms with Crippen LogP contribution in [-0.2, 0) is 9.59 Å². The van der Waals surface area contributed by atoms with Crippen LogP contribution < -0.4 is 10.1 Å². The van der Waals surface area contributed by atoms with Crippen molar-refractivity contribution in [3.05, 3.63) is 66.0 Å². The van der Waals surface area contributed by atoms with Crippen LogP contribution >= 0.6 is 11.8 Å². The molecule has 0 radical (unpaired) electrons. The summed E-state index contributed by atoms with van der Waals surface area (Å²) in [4.78, 5) is 33.8. The van der Waals surface area contributed by atoms with Crippen LogP contribution in [0.1, 0.15) is 11.1 Å². The Balaban J connectivity index is 1.24. The molecule has 1 aliphatic heterocycles. The van der Waals surface area contributed by atoms with Crippen molar-refractivity contribution in [1.82, 2.24) is 19.4 Å². The third-order valence-electron chi connectivity index (χ3n) is 6.12. The van der Waals surface area contributed by atoms with Gasteiger partial charge in [-0.1, -0.05) is 30.0 Å². The minimum atomic E-state index is -0.0249. The standard InChI is InChI=1S/C26H31N5O3S/c1-19-5-4-6-20(2)25(19)28-23(32)17-29-13-15-30(16-14-29)24(33)18-35-26-27-11-12-31(26)21-7-9-22(34-3)10-8-21/h4-12H,13-18H2,1-3H3,(H,28,32). The second-order valence-corrected chi connectivity index (χ2v) is 9.48. The van der Waals surface area contributed by atoms with Gasteiger partial charge in [0.05, 0.1) is 19.4 Å². The van der Waals surface area contributed by atoms with E-state index < -0.39 is 0 Å². The number of piperazine rings is 1. The second kappa shape index (κ2) is 11.4. The van der Waals surface area contributed by atoms with E-state index in [9.17, 15) is 9.59 Å². The smallest absolute Gasteiger partial charge is 0.238 e. The molecule has 1 aliphatic rings. The van der Waals surface area contributed by atoms with Crippen LogP contribution in [0.15, 0.2) is 60.0 Å². The SMILES string of the molecule is COc1ccc(-n2ccnc2SCC(=O)N2CCN(CC(=O)Nc3c(C)cccc3C)CC2)cc1. The Kier molecular flexibility index (Phi) is 8.09. The van der Waals surface area contributed by atoms with Gasteiger partial charge < -0.3 is 15.0 Å². The minimum Gasteiger partial charge on any atom is -0.497 e. The first-order valence-corrected chi connectivity index (χ1v) is 12.6. The van der Waals surface area contributed by atoms with E-state index in [-0.39, 0.29) is 11.8 Å². The van der Waals surface area contributed by atoms with Crippen LogP contribution in [0.2, 0.25) is 0 Å². The molecule has 0 unspecified atom stereocenters. The van der Waals surface area contributed by atoms with E-state index in [1.807, 2.05) is 72.0 Å². The Hall–Kier alpha value is -3.30. The van der Waals surface area contributed by atoms with E-state index >= 15 is 0 Å². The number of imidazole rings is 1. The van der Waals surface area contributed by atoms with Crippen LogP contribution in [0.3, 0.4) is 0 Å². The van der Waals surface area contributed by atoms with Crippen LogP contribution in [0.5, 0.6) is 5.75 Å². The van der Waals surface area contributed by atoms with Crippen molar-refractivity contribution in [1.29, 1.82) is 0 Å². The summed E-state index contributed by atoms with van der Waals surface area (Å²) in [5, 5.41) is 3.81. The summed E-state index contributed by atoms with van der Waals surface area (Å²) in [7, 11) is 1.64. The van der Waals surface area contributed by atoms with Crippen LogP contribution in [-0.4, -0.2) is 76.8 Å². The Morgan fingerprint density at radius 1 is 1.03 bits per heavy atom. The fourth-order valence-electron chi connectivity index (χ4n) is 4.10. The van der Waals surface area contributed by atoms with Gasteiger partial charge in [0.25, 0.3) is 0 Å². The lowest BCUT2D eigenvalue weighted by atomic mass is 10.1. The summed E-state index contributed by atoms with van der Waals surface area (Å²) >= 11 is 1.43. The number of carbonyl (C=O) groups excluding carboxylic acids is 2. The van der Waals surface area contributed by atoms with Crippen LogP contribution in [0, 0.1) is 13.8 Å². The van der Waals surface area contributed by atoms with Gasteiger partial charge in [-0.05, 0) is 49.2 Å². The maximum atomic E-state index is 12.8. The van der Waals surface area contributed by atoms with E-state index in [1.165, 1.54) is 11.8 Å². The molecule has 0 atom stereocenters. The fourth-order valence-corrected chi connectivity index (χ4v) is 4.98. The molecule has 1 saturated heterocycles. The number of methoxy groups -OCH3 is 1. The number of rotatable bonds is 8. The normalized spacial score (nSPS) is 14.1. The topological polar surface area (TPSA) is 79.7 Å². The van der Waals surface area contributed by atoms with Gasteiger partial charge in [0.2, 0.25) is 11.8 Å². The molecule has 1 N–H and O–H groups in total. The van der Waals surface area contributed by atoms with E-state index in [0.29, 0.717) is 38.5 Å². The molecule has 184 valence electrons. The van der Waals surface area contributed by atoms with Gasteiger partial charge in [-0.3, -0.25) is 19.1 Å². The van der Waals surface area contributed by atoms with Crippen molar-refractivity contribution in [2.24, 2.45) is 0 Å². The molecule has 9 heteroatoms. The van der Waals surface area contributed by atoms with Gasteiger partial charge in [-0.15, -0.1) is 0 Å². The number of anilines is 1. The molecule has 35 heavy (non-hydrogen) atoms. The minimum absolute atomic E-state index is 0.0249. The van der Waals surface area contributed by atoms with E-state index in [2.05, 4.69) is 15.2 Å². The van der Waals surface area contributed by atoms with E-state index in [0.717, 1.165) is 33.4 Å². The molecule has 2 aromatic carbocycles. The third-order valence-corrected chi connectivity index (χ3v) is 7.07. The lowest BCUT2D eigenvalue weighted by molar-refractivity contribution is -0.130. The number of aryl methyl sites for hydroxylation is 2. The third kappa shape index (κ3) is 6.23. The van der Waals surface area contributed by atoms with Gasteiger partial charge in [0, 0.05) is 49.9 Å². The Morgan fingerprint density at radius 2 is 1.71 bits per heavy atom. The highest BCUT2D eigenvalue weighted by Crippen LogP contribution is 2.23. The van der Waals surface area contributed by atoms with Gasteiger partial charge >= 0.3 is 0 Å². The average Bonchev–Trinajstić information content (AvgIpc) is 3.34. The summed E-state index contributed by atoms with van der Waals surface area (Å²) in [5.74, 6) is 1.17. The molecule has 0 bridgehead atoms. The number of hydrogen-bond acceptors (Lipinski definition) is 6. The number of nitrogens with zero attached hydrogens (tertiary/aromatic N) is 4. The number of thioether (sulfide) groups is 1. The summed E-state index contributed by atoms with van der Waals surface area (Å²) in [6.45, 7) is 6.90. The zero-order valence-corrected chi connectivity index (χ0v) is 21.2. The predicted octanol–water partition coefficient (Wildman–Crippen LogP) is 3.37. The lowest BCUT2D eigenvalue weighted by Gasteiger charge is -2.34. The second-order valence-electron chi connectivity index (χ2n) is 8.54. The molecule has 0 aliphatic carbocycles. The number of aromatic nitrogens is 2. The summed E-state index contributed by atoms with van der Waals surface area (Å²) in [6, 6.07) is 13.7. The number of nitrogens with one attached hydrogen (secondary N) is 1. The molecule has 8 nitrogen and oxygen atoms in total. The highest BCUT2D eigenvalue weighted by atomic mass is 32.2. The first-order chi connectivity index (χ1) is 16.9. The van der Waals surface area contributed by atoms with Gasteiger partial charge in [0.1, 0.15) is 5.75 Å². The molecular formula is C26H31N5O3S. The molecule has 1 aromatic heterocycles. The average molecular weight is 494 g/mol. The van der Waals surface area contributed by atoms with Crippen molar-refractivity contribution in [3.8, 4) is 11.4 Å². The number of benzene rings is 2.